The first kappa shape index (κ1) is 10.7. The van der Waals surface area contributed by atoms with E-state index in [-0.39, 0.29) is 11.8 Å². The monoisotopic (exact) mass is 223 g/mol. The van der Waals surface area contributed by atoms with Crippen LogP contribution >= 0.6 is 11.6 Å². The molecule has 1 saturated heterocycles. The minimum atomic E-state index is 0.00516. The number of aryl methyl sites for hydroxylation is 1. The number of halogens is 1. The average molecular weight is 224 g/mol. The number of hydrogen-bond acceptors (Lipinski definition) is 2. The molecule has 3 heteroatoms. The van der Waals surface area contributed by atoms with Crippen LogP contribution in [0.1, 0.15) is 28.8 Å². The van der Waals surface area contributed by atoms with Crippen molar-refractivity contribution >= 4 is 17.4 Å². The molecular weight excluding hydrogens is 210 g/mol. The number of nitrogens with one attached hydrogen (secondary N) is 1. The van der Waals surface area contributed by atoms with E-state index < -0.39 is 0 Å². The Morgan fingerprint density at radius 3 is 2.93 bits per heavy atom. The second-order valence-electron chi connectivity index (χ2n) is 3.98. The number of ketones is 1. The van der Waals surface area contributed by atoms with E-state index in [1.807, 2.05) is 13.0 Å². The van der Waals surface area contributed by atoms with Crippen LogP contribution in [0.3, 0.4) is 0 Å². The summed E-state index contributed by atoms with van der Waals surface area (Å²) >= 11 is 5.92. The zero-order valence-electron chi connectivity index (χ0n) is 8.72. The predicted molar refractivity (Wildman–Crippen MR) is 61.5 cm³/mol. The van der Waals surface area contributed by atoms with Gasteiger partial charge in [0, 0.05) is 10.6 Å². The zero-order valence-corrected chi connectivity index (χ0v) is 9.47. The van der Waals surface area contributed by atoms with Gasteiger partial charge in [-0.3, -0.25) is 4.79 Å². The van der Waals surface area contributed by atoms with Gasteiger partial charge in [-0.15, -0.1) is 0 Å². The molecule has 0 spiro atoms. The summed E-state index contributed by atoms with van der Waals surface area (Å²) < 4.78 is 0. The average Bonchev–Trinajstić information content (AvgIpc) is 2.74. The van der Waals surface area contributed by atoms with Crippen molar-refractivity contribution in [2.45, 2.75) is 25.8 Å². The van der Waals surface area contributed by atoms with E-state index in [2.05, 4.69) is 5.32 Å². The molecular formula is C12H14ClNO. The fourth-order valence-electron chi connectivity index (χ4n) is 1.91. The van der Waals surface area contributed by atoms with Crippen molar-refractivity contribution in [3.63, 3.8) is 0 Å². The van der Waals surface area contributed by atoms with Crippen molar-refractivity contribution in [2.75, 3.05) is 6.54 Å². The highest BCUT2D eigenvalue weighted by Gasteiger charge is 2.23. The van der Waals surface area contributed by atoms with E-state index in [1.54, 1.807) is 12.1 Å². The van der Waals surface area contributed by atoms with Gasteiger partial charge in [-0.1, -0.05) is 11.6 Å². The lowest BCUT2D eigenvalue weighted by atomic mass is 10.0. The van der Waals surface area contributed by atoms with Crippen LogP contribution in [0.4, 0.5) is 0 Å². The van der Waals surface area contributed by atoms with Gasteiger partial charge in [0.15, 0.2) is 5.78 Å². The molecule has 0 amide bonds. The van der Waals surface area contributed by atoms with Crippen molar-refractivity contribution in [2.24, 2.45) is 0 Å². The van der Waals surface area contributed by atoms with Crippen molar-refractivity contribution in [1.29, 1.82) is 0 Å². The van der Waals surface area contributed by atoms with Gasteiger partial charge in [0.05, 0.1) is 6.04 Å². The highest BCUT2D eigenvalue weighted by molar-refractivity contribution is 6.31. The first-order valence-electron chi connectivity index (χ1n) is 5.22. The lowest BCUT2D eigenvalue weighted by Crippen LogP contribution is -2.30. The summed E-state index contributed by atoms with van der Waals surface area (Å²) in [7, 11) is 0. The third-order valence-electron chi connectivity index (χ3n) is 2.82. The van der Waals surface area contributed by atoms with Crippen LogP contribution in [0.5, 0.6) is 0 Å². The van der Waals surface area contributed by atoms with Crippen LogP contribution in [0, 0.1) is 6.92 Å². The largest absolute Gasteiger partial charge is 0.307 e. The Bertz CT molecular complexity index is 383. The van der Waals surface area contributed by atoms with Crippen molar-refractivity contribution in [3.8, 4) is 0 Å². The molecule has 1 atom stereocenters. The molecule has 0 aromatic heterocycles. The second-order valence-corrected chi connectivity index (χ2v) is 4.38. The van der Waals surface area contributed by atoms with Crippen molar-refractivity contribution in [3.05, 3.63) is 34.3 Å². The van der Waals surface area contributed by atoms with Crippen LogP contribution in [0.15, 0.2) is 18.2 Å². The summed E-state index contributed by atoms with van der Waals surface area (Å²) in [5.41, 5.74) is 1.72. The Morgan fingerprint density at radius 1 is 1.53 bits per heavy atom. The normalized spacial score (nSPS) is 20.5. The summed E-state index contributed by atoms with van der Waals surface area (Å²) in [4.78, 5) is 12.0. The Kier molecular flexibility index (Phi) is 3.08. The lowest BCUT2D eigenvalue weighted by Gasteiger charge is -2.09. The van der Waals surface area contributed by atoms with Crippen LogP contribution in [-0.2, 0) is 0 Å². The van der Waals surface area contributed by atoms with Crippen LogP contribution in [0.25, 0.3) is 0 Å². The molecule has 1 aromatic rings. The minimum absolute atomic E-state index is 0.00516. The number of Topliss-reactive ketones (excluding diaryl/α,β-unsaturated/α-hetero) is 1. The smallest absolute Gasteiger partial charge is 0.179 e. The maximum absolute atomic E-state index is 12.0. The molecule has 80 valence electrons. The fraction of sp³-hybridized carbons (Fsp3) is 0.417. The minimum Gasteiger partial charge on any atom is -0.307 e. The standard InChI is InChI=1S/C12H14ClNO/c1-8-7-9(4-5-10(8)13)12(15)11-3-2-6-14-11/h4-5,7,11,14H,2-3,6H2,1H3. The molecule has 2 nitrogen and oxygen atoms in total. The van der Waals surface area contributed by atoms with E-state index in [0.29, 0.717) is 5.02 Å². The highest BCUT2D eigenvalue weighted by Crippen LogP contribution is 2.19. The maximum Gasteiger partial charge on any atom is 0.179 e. The fourth-order valence-corrected chi connectivity index (χ4v) is 2.03. The molecule has 0 radical (unpaired) electrons. The van der Waals surface area contributed by atoms with E-state index >= 15 is 0 Å². The molecule has 0 aliphatic carbocycles. The lowest BCUT2D eigenvalue weighted by molar-refractivity contribution is 0.0952. The van der Waals surface area contributed by atoms with Crippen molar-refractivity contribution < 1.29 is 4.79 Å². The molecule has 1 aliphatic heterocycles. The number of carbonyl (C=O) groups is 1. The number of hydrogen-bond donors (Lipinski definition) is 1. The summed E-state index contributed by atoms with van der Waals surface area (Å²) in [6, 6.07) is 5.46. The quantitative estimate of drug-likeness (QED) is 0.781. The van der Waals surface area contributed by atoms with Crippen LogP contribution < -0.4 is 5.32 Å². The van der Waals surface area contributed by atoms with E-state index in [4.69, 9.17) is 11.6 Å². The number of benzene rings is 1. The molecule has 1 N–H and O–H groups in total. The van der Waals surface area contributed by atoms with Gasteiger partial charge in [0.1, 0.15) is 0 Å². The Labute approximate surface area is 94.6 Å². The number of rotatable bonds is 2. The van der Waals surface area contributed by atoms with Gasteiger partial charge in [0.25, 0.3) is 0 Å². The van der Waals surface area contributed by atoms with E-state index in [1.165, 1.54) is 0 Å². The third-order valence-corrected chi connectivity index (χ3v) is 3.24. The van der Waals surface area contributed by atoms with Gasteiger partial charge < -0.3 is 5.32 Å². The predicted octanol–water partition coefficient (Wildman–Crippen LogP) is 2.58. The van der Waals surface area contributed by atoms with E-state index in [0.717, 1.165) is 30.5 Å². The molecule has 1 heterocycles. The Balaban J connectivity index is 2.21. The first-order valence-corrected chi connectivity index (χ1v) is 5.60. The van der Waals surface area contributed by atoms with E-state index in [9.17, 15) is 4.79 Å². The summed E-state index contributed by atoms with van der Waals surface area (Å²) in [6.45, 7) is 2.87. The molecule has 1 aliphatic rings. The SMILES string of the molecule is Cc1cc(C(=O)C2CCCN2)ccc1Cl. The molecule has 2 rings (SSSR count). The van der Waals surface area contributed by atoms with Gasteiger partial charge in [-0.05, 0) is 50.1 Å². The Hall–Kier alpha value is -0.860. The van der Waals surface area contributed by atoms with Gasteiger partial charge >= 0.3 is 0 Å². The second kappa shape index (κ2) is 4.33. The molecule has 1 aromatic carbocycles. The highest BCUT2D eigenvalue weighted by atomic mass is 35.5. The topological polar surface area (TPSA) is 29.1 Å². The zero-order chi connectivity index (χ0) is 10.8. The number of carbonyl (C=O) groups excluding carboxylic acids is 1. The third kappa shape index (κ3) is 2.21. The first-order chi connectivity index (χ1) is 7.18. The maximum atomic E-state index is 12.0. The summed E-state index contributed by atoms with van der Waals surface area (Å²) in [6.07, 6.45) is 2.03. The molecule has 0 saturated carbocycles. The van der Waals surface area contributed by atoms with Gasteiger partial charge in [-0.2, -0.15) is 0 Å². The molecule has 1 fully saturated rings. The van der Waals surface area contributed by atoms with Gasteiger partial charge in [0.2, 0.25) is 0 Å². The van der Waals surface area contributed by atoms with Crippen molar-refractivity contribution in [1.82, 2.24) is 5.32 Å². The molecule has 0 bridgehead atoms. The molecule has 15 heavy (non-hydrogen) atoms. The van der Waals surface area contributed by atoms with Crippen LogP contribution in [-0.4, -0.2) is 18.4 Å². The summed E-state index contributed by atoms with van der Waals surface area (Å²) in [5.74, 6) is 0.187. The summed E-state index contributed by atoms with van der Waals surface area (Å²) in [5, 5.41) is 3.92. The van der Waals surface area contributed by atoms with Crippen LogP contribution in [0.2, 0.25) is 5.02 Å². The Morgan fingerprint density at radius 2 is 2.33 bits per heavy atom. The molecule has 1 unspecified atom stereocenters. The van der Waals surface area contributed by atoms with Gasteiger partial charge in [-0.25, -0.2) is 0 Å².